The first-order valence-electron chi connectivity index (χ1n) is 4.60. The second-order valence-electron chi connectivity index (χ2n) is 4.56. The first-order chi connectivity index (χ1) is 7.03. The Morgan fingerprint density at radius 1 is 0.875 bits per heavy atom. The van der Waals surface area contributed by atoms with E-state index in [0.717, 1.165) is 6.07 Å². The Morgan fingerprint density at radius 3 is 1.69 bits per heavy atom. The maximum atomic E-state index is 13.6. The summed E-state index contributed by atoms with van der Waals surface area (Å²) in [4.78, 5) is 0. The van der Waals surface area contributed by atoms with E-state index in [1.165, 1.54) is 20.8 Å². The molecule has 0 amide bonds. The fourth-order valence-corrected chi connectivity index (χ4v) is 1.34. The maximum absolute atomic E-state index is 13.6. The molecule has 0 aliphatic rings. The molecule has 0 bridgehead atoms. The Labute approximate surface area is 90.1 Å². The van der Waals surface area contributed by atoms with Gasteiger partial charge in [0.15, 0.2) is 0 Å². The van der Waals surface area contributed by atoms with E-state index in [1.54, 1.807) is 0 Å². The fraction of sp³-hybridized carbons (Fsp3) is 0.455. The minimum absolute atomic E-state index is 0.171. The highest BCUT2D eigenvalue weighted by atomic mass is 19.4. The van der Waals surface area contributed by atoms with Crippen molar-refractivity contribution in [2.24, 2.45) is 0 Å². The van der Waals surface area contributed by atoms with Crippen LogP contribution >= 0.6 is 0 Å². The van der Waals surface area contributed by atoms with Crippen molar-refractivity contribution in [2.45, 2.75) is 32.4 Å². The van der Waals surface area contributed by atoms with Crippen LogP contribution in [-0.4, -0.2) is 0 Å². The predicted octanol–water partition coefficient (Wildman–Crippen LogP) is 4.28. The van der Waals surface area contributed by atoms with E-state index in [9.17, 15) is 22.0 Å². The molecule has 0 saturated carbocycles. The van der Waals surface area contributed by atoms with Crippen LogP contribution < -0.4 is 0 Å². The van der Waals surface area contributed by atoms with Gasteiger partial charge >= 0.3 is 6.18 Å². The number of alkyl halides is 3. The smallest absolute Gasteiger partial charge is 0.207 e. The van der Waals surface area contributed by atoms with E-state index >= 15 is 0 Å². The number of halogens is 5. The SMILES string of the molecule is CC(C)(C)c1cc(F)cc(C(F)(F)F)c1F. The lowest BCUT2D eigenvalue weighted by atomic mass is 9.85. The molecule has 0 saturated heterocycles. The van der Waals surface area contributed by atoms with Crippen LogP contribution in [0.2, 0.25) is 0 Å². The summed E-state index contributed by atoms with van der Waals surface area (Å²) in [6, 6.07) is 0.967. The quantitative estimate of drug-likeness (QED) is 0.592. The van der Waals surface area contributed by atoms with E-state index in [1.807, 2.05) is 0 Å². The molecule has 1 rings (SSSR count). The molecule has 1 aromatic rings. The normalized spacial score (nSPS) is 13.0. The van der Waals surface area contributed by atoms with Crippen LogP contribution in [0.4, 0.5) is 22.0 Å². The molecule has 0 unspecified atom stereocenters. The highest BCUT2D eigenvalue weighted by molar-refractivity contribution is 5.33. The van der Waals surface area contributed by atoms with Gasteiger partial charge in [-0.15, -0.1) is 0 Å². The average Bonchev–Trinajstić information content (AvgIpc) is 2.04. The van der Waals surface area contributed by atoms with Gasteiger partial charge in [0.1, 0.15) is 11.6 Å². The Kier molecular flexibility index (Phi) is 3.00. The minimum Gasteiger partial charge on any atom is -0.207 e. The number of rotatable bonds is 0. The number of hydrogen-bond donors (Lipinski definition) is 0. The van der Waals surface area contributed by atoms with Gasteiger partial charge in [0.05, 0.1) is 5.56 Å². The van der Waals surface area contributed by atoms with Crippen LogP contribution in [0.25, 0.3) is 0 Å². The molecule has 0 spiro atoms. The third kappa shape index (κ3) is 2.51. The van der Waals surface area contributed by atoms with Crippen molar-refractivity contribution >= 4 is 0 Å². The molecule has 0 radical (unpaired) electrons. The molecule has 0 aliphatic heterocycles. The molecule has 0 N–H and O–H groups in total. The number of benzene rings is 1. The van der Waals surface area contributed by atoms with Gasteiger partial charge in [0.2, 0.25) is 0 Å². The van der Waals surface area contributed by atoms with E-state index < -0.39 is 28.8 Å². The molecule has 90 valence electrons. The summed E-state index contributed by atoms with van der Waals surface area (Å²) in [7, 11) is 0. The Balaban J connectivity index is 3.51. The molecular formula is C11H11F5. The second kappa shape index (κ2) is 3.71. The summed E-state index contributed by atoms with van der Waals surface area (Å²) in [5, 5.41) is 0. The van der Waals surface area contributed by atoms with Gasteiger partial charge in [-0.2, -0.15) is 13.2 Å². The topological polar surface area (TPSA) is 0 Å². The van der Waals surface area contributed by atoms with E-state index in [0.29, 0.717) is 0 Å². The van der Waals surface area contributed by atoms with Gasteiger partial charge in [0, 0.05) is 0 Å². The van der Waals surface area contributed by atoms with Crippen LogP contribution in [0.15, 0.2) is 12.1 Å². The van der Waals surface area contributed by atoms with E-state index in [2.05, 4.69) is 0 Å². The van der Waals surface area contributed by atoms with Gasteiger partial charge < -0.3 is 0 Å². The third-order valence-corrected chi connectivity index (χ3v) is 2.15. The third-order valence-electron chi connectivity index (χ3n) is 2.15. The van der Waals surface area contributed by atoms with Crippen molar-refractivity contribution in [3.05, 3.63) is 34.9 Å². The van der Waals surface area contributed by atoms with Crippen molar-refractivity contribution in [2.75, 3.05) is 0 Å². The molecule has 0 atom stereocenters. The fourth-order valence-electron chi connectivity index (χ4n) is 1.34. The van der Waals surface area contributed by atoms with Crippen LogP contribution in [-0.2, 0) is 11.6 Å². The molecular weight excluding hydrogens is 227 g/mol. The minimum atomic E-state index is -4.88. The van der Waals surface area contributed by atoms with Gasteiger partial charge in [-0.1, -0.05) is 20.8 Å². The summed E-state index contributed by atoms with van der Waals surface area (Å²) in [5.41, 5.74) is -2.72. The first-order valence-corrected chi connectivity index (χ1v) is 4.60. The molecule has 0 aromatic heterocycles. The summed E-state index contributed by atoms with van der Waals surface area (Å²) in [6.45, 7) is 4.56. The second-order valence-corrected chi connectivity index (χ2v) is 4.56. The molecule has 0 nitrogen and oxygen atoms in total. The summed E-state index contributed by atoms with van der Waals surface area (Å²) in [5.74, 6) is -2.49. The van der Waals surface area contributed by atoms with Crippen LogP contribution in [0, 0.1) is 11.6 Å². The highest BCUT2D eigenvalue weighted by Crippen LogP contribution is 2.36. The van der Waals surface area contributed by atoms with Gasteiger partial charge in [-0.25, -0.2) is 8.78 Å². The highest BCUT2D eigenvalue weighted by Gasteiger charge is 2.37. The Bertz CT molecular complexity index is 363. The van der Waals surface area contributed by atoms with Crippen molar-refractivity contribution in [3.63, 3.8) is 0 Å². The summed E-state index contributed by atoms with van der Waals surface area (Å²) < 4.78 is 63.7. The first kappa shape index (κ1) is 12.9. The molecule has 5 heteroatoms. The monoisotopic (exact) mass is 238 g/mol. The standard InChI is InChI=1S/C11H11F5/c1-10(2,3)7-4-6(12)5-8(9(7)13)11(14,15)16/h4-5H,1-3H3. The zero-order valence-corrected chi connectivity index (χ0v) is 9.04. The van der Waals surface area contributed by atoms with E-state index in [-0.39, 0.29) is 11.6 Å². The summed E-state index contributed by atoms with van der Waals surface area (Å²) >= 11 is 0. The Morgan fingerprint density at radius 2 is 1.31 bits per heavy atom. The van der Waals surface area contributed by atoms with Crippen molar-refractivity contribution in [1.29, 1.82) is 0 Å². The van der Waals surface area contributed by atoms with Crippen molar-refractivity contribution < 1.29 is 22.0 Å². The van der Waals surface area contributed by atoms with Crippen molar-refractivity contribution in [3.8, 4) is 0 Å². The predicted molar refractivity (Wildman–Crippen MR) is 50.1 cm³/mol. The molecule has 0 fully saturated rings. The summed E-state index contributed by atoms with van der Waals surface area (Å²) in [6.07, 6.45) is -4.88. The molecule has 16 heavy (non-hydrogen) atoms. The molecule has 0 heterocycles. The van der Waals surface area contributed by atoms with Gasteiger partial charge in [0.25, 0.3) is 0 Å². The van der Waals surface area contributed by atoms with Gasteiger partial charge in [-0.3, -0.25) is 0 Å². The maximum Gasteiger partial charge on any atom is 0.419 e. The largest absolute Gasteiger partial charge is 0.419 e. The van der Waals surface area contributed by atoms with Crippen LogP contribution in [0.5, 0.6) is 0 Å². The Hall–Kier alpha value is -1.13. The van der Waals surface area contributed by atoms with E-state index in [4.69, 9.17) is 0 Å². The zero-order chi connectivity index (χ0) is 12.7. The molecule has 0 aliphatic carbocycles. The lowest BCUT2D eigenvalue weighted by molar-refractivity contribution is -0.140. The lowest BCUT2D eigenvalue weighted by Gasteiger charge is -2.22. The van der Waals surface area contributed by atoms with Crippen molar-refractivity contribution in [1.82, 2.24) is 0 Å². The average molecular weight is 238 g/mol. The van der Waals surface area contributed by atoms with Gasteiger partial charge in [-0.05, 0) is 23.1 Å². The molecule has 1 aromatic carbocycles. The van der Waals surface area contributed by atoms with Crippen LogP contribution in [0.3, 0.4) is 0 Å². The van der Waals surface area contributed by atoms with Crippen LogP contribution in [0.1, 0.15) is 31.9 Å². The lowest BCUT2D eigenvalue weighted by Crippen LogP contribution is -2.18. The zero-order valence-electron chi connectivity index (χ0n) is 9.04. The number of hydrogen-bond acceptors (Lipinski definition) is 0.